The summed E-state index contributed by atoms with van der Waals surface area (Å²) in [6.45, 7) is 1.15. The van der Waals surface area contributed by atoms with E-state index in [4.69, 9.17) is 9.84 Å². The van der Waals surface area contributed by atoms with Gasteiger partial charge in [0, 0.05) is 24.0 Å². The SMILES string of the molecule is O=Cc1csc(-c2ccccc2NC(=O)OCC2CCN(C(=O)O)CC2)n1. The molecule has 1 aromatic carbocycles. The Bertz CT molecular complexity index is 830. The van der Waals surface area contributed by atoms with Crippen LogP contribution in [0.1, 0.15) is 23.3 Å². The highest BCUT2D eigenvalue weighted by Gasteiger charge is 2.23. The van der Waals surface area contributed by atoms with E-state index in [9.17, 15) is 14.4 Å². The van der Waals surface area contributed by atoms with Crippen LogP contribution in [0.25, 0.3) is 10.6 Å². The van der Waals surface area contributed by atoms with Crippen molar-refractivity contribution in [1.82, 2.24) is 9.88 Å². The Hall–Kier alpha value is -2.94. The molecule has 0 saturated carbocycles. The molecule has 0 spiro atoms. The monoisotopic (exact) mass is 389 g/mol. The third kappa shape index (κ3) is 4.82. The molecule has 1 aliphatic rings. The zero-order valence-electron chi connectivity index (χ0n) is 14.5. The van der Waals surface area contributed by atoms with Gasteiger partial charge >= 0.3 is 12.2 Å². The quantitative estimate of drug-likeness (QED) is 0.757. The van der Waals surface area contributed by atoms with Crippen molar-refractivity contribution >= 4 is 35.5 Å². The Morgan fingerprint density at radius 1 is 1.33 bits per heavy atom. The number of nitrogens with one attached hydrogen (secondary N) is 1. The highest BCUT2D eigenvalue weighted by molar-refractivity contribution is 7.13. The second-order valence-electron chi connectivity index (χ2n) is 6.18. The van der Waals surface area contributed by atoms with E-state index in [1.807, 2.05) is 12.1 Å². The predicted octanol–water partition coefficient (Wildman–Crippen LogP) is 3.56. The van der Waals surface area contributed by atoms with Gasteiger partial charge in [0.2, 0.25) is 0 Å². The van der Waals surface area contributed by atoms with Gasteiger partial charge in [-0.2, -0.15) is 0 Å². The number of amides is 2. The number of rotatable bonds is 5. The molecule has 0 aliphatic carbocycles. The molecule has 3 rings (SSSR count). The van der Waals surface area contributed by atoms with E-state index in [1.165, 1.54) is 16.2 Å². The molecule has 8 nitrogen and oxygen atoms in total. The van der Waals surface area contributed by atoms with Crippen molar-refractivity contribution in [2.45, 2.75) is 12.8 Å². The van der Waals surface area contributed by atoms with Crippen LogP contribution in [0.3, 0.4) is 0 Å². The molecule has 1 aromatic heterocycles. The number of hydrogen-bond acceptors (Lipinski definition) is 6. The molecule has 2 amide bonds. The summed E-state index contributed by atoms with van der Waals surface area (Å²) in [5.74, 6) is 0.149. The minimum Gasteiger partial charge on any atom is -0.465 e. The highest BCUT2D eigenvalue weighted by Crippen LogP contribution is 2.30. The van der Waals surface area contributed by atoms with E-state index in [-0.39, 0.29) is 12.5 Å². The number of ether oxygens (including phenoxy) is 1. The topological polar surface area (TPSA) is 109 Å². The molecule has 1 fully saturated rings. The zero-order valence-corrected chi connectivity index (χ0v) is 15.3. The van der Waals surface area contributed by atoms with E-state index < -0.39 is 12.2 Å². The Kier molecular flexibility index (Phi) is 6.02. The fourth-order valence-electron chi connectivity index (χ4n) is 2.87. The molecule has 2 heterocycles. The number of nitrogens with zero attached hydrogens (tertiary/aromatic N) is 2. The number of benzene rings is 1. The molecule has 0 bridgehead atoms. The van der Waals surface area contributed by atoms with Crippen LogP contribution in [0.4, 0.5) is 15.3 Å². The lowest BCUT2D eigenvalue weighted by molar-refractivity contribution is 0.0948. The number of carboxylic acid groups (broad SMARTS) is 1. The van der Waals surface area contributed by atoms with Crippen LogP contribution >= 0.6 is 11.3 Å². The second kappa shape index (κ2) is 8.63. The van der Waals surface area contributed by atoms with E-state index in [2.05, 4.69) is 10.3 Å². The lowest BCUT2D eigenvalue weighted by Gasteiger charge is -2.29. The predicted molar refractivity (Wildman–Crippen MR) is 100 cm³/mol. The van der Waals surface area contributed by atoms with Crippen LogP contribution in [0.15, 0.2) is 29.6 Å². The van der Waals surface area contributed by atoms with Crippen LogP contribution in [0.2, 0.25) is 0 Å². The van der Waals surface area contributed by atoms with Gasteiger partial charge in [0.05, 0.1) is 12.3 Å². The van der Waals surface area contributed by atoms with Gasteiger partial charge in [-0.25, -0.2) is 14.6 Å². The van der Waals surface area contributed by atoms with Gasteiger partial charge < -0.3 is 14.7 Å². The third-order valence-electron chi connectivity index (χ3n) is 4.37. The fourth-order valence-corrected chi connectivity index (χ4v) is 3.68. The number of aldehydes is 1. The van der Waals surface area contributed by atoms with Crippen molar-refractivity contribution in [1.29, 1.82) is 0 Å². The van der Waals surface area contributed by atoms with Gasteiger partial charge in [0.15, 0.2) is 6.29 Å². The number of piperidine rings is 1. The van der Waals surface area contributed by atoms with Gasteiger partial charge in [0.1, 0.15) is 10.7 Å². The standard InChI is InChI=1S/C18H19N3O5S/c22-9-13-11-27-16(19-13)14-3-1-2-4-15(14)20-17(23)26-10-12-5-7-21(8-6-12)18(24)25/h1-4,9,11-12H,5-8,10H2,(H,20,23)(H,24,25). The average molecular weight is 389 g/mol. The first-order valence-corrected chi connectivity index (χ1v) is 9.36. The summed E-state index contributed by atoms with van der Waals surface area (Å²) in [5, 5.41) is 14.0. The second-order valence-corrected chi connectivity index (χ2v) is 7.04. The van der Waals surface area contributed by atoms with Crippen LogP contribution in [-0.4, -0.2) is 53.2 Å². The fraction of sp³-hybridized carbons (Fsp3) is 0.333. The van der Waals surface area contributed by atoms with Crippen LogP contribution in [0.5, 0.6) is 0 Å². The maximum absolute atomic E-state index is 12.2. The zero-order chi connectivity index (χ0) is 19.2. The molecule has 0 radical (unpaired) electrons. The Morgan fingerprint density at radius 3 is 2.74 bits per heavy atom. The van der Waals surface area contributed by atoms with E-state index in [0.717, 1.165) is 0 Å². The Morgan fingerprint density at radius 2 is 2.07 bits per heavy atom. The first-order valence-electron chi connectivity index (χ1n) is 8.48. The van der Waals surface area contributed by atoms with Crippen molar-refractivity contribution in [3.63, 3.8) is 0 Å². The molecule has 2 aromatic rings. The molecule has 0 atom stereocenters. The van der Waals surface area contributed by atoms with E-state index >= 15 is 0 Å². The first kappa shape index (κ1) is 18.8. The largest absolute Gasteiger partial charge is 0.465 e. The Labute approximate surface area is 159 Å². The van der Waals surface area contributed by atoms with Gasteiger partial charge in [-0.05, 0) is 30.9 Å². The molecular formula is C18H19N3O5S. The normalized spacial score (nSPS) is 14.6. The Balaban J connectivity index is 1.56. The molecule has 1 saturated heterocycles. The summed E-state index contributed by atoms with van der Waals surface area (Å²) >= 11 is 1.32. The molecule has 27 heavy (non-hydrogen) atoms. The van der Waals surface area contributed by atoms with Crippen molar-refractivity contribution < 1.29 is 24.2 Å². The van der Waals surface area contributed by atoms with E-state index in [1.54, 1.807) is 17.5 Å². The molecular weight excluding hydrogens is 370 g/mol. The summed E-state index contributed by atoms with van der Waals surface area (Å²) in [6, 6.07) is 7.16. The lowest BCUT2D eigenvalue weighted by atomic mass is 9.98. The molecule has 1 aliphatic heterocycles. The minimum absolute atomic E-state index is 0.149. The van der Waals surface area contributed by atoms with Crippen LogP contribution < -0.4 is 5.32 Å². The van der Waals surface area contributed by atoms with Gasteiger partial charge in [0.25, 0.3) is 0 Å². The van der Waals surface area contributed by atoms with Crippen molar-refractivity contribution in [3.8, 4) is 10.6 Å². The summed E-state index contributed by atoms with van der Waals surface area (Å²) in [7, 11) is 0. The van der Waals surface area contributed by atoms with Crippen molar-refractivity contribution in [3.05, 3.63) is 35.3 Å². The number of hydrogen-bond donors (Lipinski definition) is 2. The maximum Gasteiger partial charge on any atom is 0.411 e. The average Bonchev–Trinajstić information content (AvgIpc) is 3.16. The van der Waals surface area contributed by atoms with Gasteiger partial charge in [-0.1, -0.05) is 12.1 Å². The number of anilines is 1. The first-order chi connectivity index (χ1) is 13.1. The summed E-state index contributed by atoms with van der Waals surface area (Å²) < 4.78 is 5.31. The molecule has 0 unspecified atom stereocenters. The number of carbonyl (C=O) groups is 3. The number of carbonyl (C=O) groups excluding carboxylic acids is 2. The summed E-state index contributed by atoms with van der Waals surface area (Å²) in [5.41, 5.74) is 1.61. The van der Waals surface area contributed by atoms with E-state index in [0.29, 0.717) is 54.2 Å². The molecule has 9 heteroatoms. The van der Waals surface area contributed by atoms with Gasteiger partial charge in [-0.15, -0.1) is 11.3 Å². The van der Waals surface area contributed by atoms with Crippen LogP contribution in [-0.2, 0) is 4.74 Å². The summed E-state index contributed by atoms with van der Waals surface area (Å²) in [6.07, 6.45) is 0.534. The van der Waals surface area contributed by atoms with Crippen LogP contribution in [0, 0.1) is 5.92 Å². The number of aromatic nitrogens is 1. The molecule has 2 N–H and O–H groups in total. The maximum atomic E-state index is 12.2. The van der Waals surface area contributed by atoms with Crippen molar-refractivity contribution in [2.75, 3.05) is 25.0 Å². The molecule has 142 valence electrons. The number of likely N-dealkylation sites (tertiary alicyclic amines) is 1. The summed E-state index contributed by atoms with van der Waals surface area (Å²) in [4.78, 5) is 39.5. The minimum atomic E-state index is -0.913. The number of para-hydroxylation sites is 1. The highest BCUT2D eigenvalue weighted by atomic mass is 32.1. The number of thiazole rings is 1. The van der Waals surface area contributed by atoms with Gasteiger partial charge in [-0.3, -0.25) is 10.1 Å². The van der Waals surface area contributed by atoms with Crippen molar-refractivity contribution in [2.24, 2.45) is 5.92 Å². The third-order valence-corrected chi connectivity index (χ3v) is 5.27. The smallest absolute Gasteiger partial charge is 0.411 e. The lowest BCUT2D eigenvalue weighted by Crippen LogP contribution is -2.38.